The topological polar surface area (TPSA) is 28.2 Å². The molecule has 0 radical (unpaired) electrons. The zero-order valence-electron chi connectivity index (χ0n) is 19.3. The van der Waals surface area contributed by atoms with E-state index >= 15 is 0 Å². The van der Waals surface area contributed by atoms with Gasteiger partial charge in [-0.05, 0) is 24.6 Å². The molecule has 0 aliphatic rings. The lowest BCUT2D eigenvalue weighted by atomic mass is 10.1. The Hall–Kier alpha value is -1.51. The van der Waals surface area contributed by atoms with Crippen molar-refractivity contribution < 1.29 is 13.2 Å². The van der Waals surface area contributed by atoms with Gasteiger partial charge in [0, 0.05) is 36.9 Å². The lowest BCUT2D eigenvalue weighted by Crippen LogP contribution is -2.26. The second-order valence-corrected chi connectivity index (χ2v) is 8.25. The van der Waals surface area contributed by atoms with Gasteiger partial charge in [-0.2, -0.15) is 13.2 Å². The maximum absolute atomic E-state index is 13.5. The number of anilines is 1. The van der Waals surface area contributed by atoms with E-state index in [0.29, 0.717) is 30.5 Å². The summed E-state index contributed by atoms with van der Waals surface area (Å²) in [5.41, 5.74) is 0.338. The fourth-order valence-corrected chi connectivity index (χ4v) is 4.14. The summed E-state index contributed by atoms with van der Waals surface area (Å²) < 4.78 is 40.5. The van der Waals surface area contributed by atoms with E-state index in [2.05, 4.69) is 35.1 Å². The zero-order valence-corrected chi connectivity index (χ0v) is 22.4. The number of allylic oxidation sites excluding steroid dienone is 3. The van der Waals surface area contributed by atoms with Gasteiger partial charge in [0.1, 0.15) is 0 Å². The summed E-state index contributed by atoms with van der Waals surface area (Å²) in [4.78, 5) is 6.00. The Bertz CT molecular complexity index is 856. The molecule has 3 nitrogen and oxygen atoms in total. The van der Waals surface area contributed by atoms with Gasteiger partial charge in [0.2, 0.25) is 0 Å². The molecule has 1 heterocycles. The molecule has 1 aromatic carbocycles. The molecule has 190 valence electrons. The van der Waals surface area contributed by atoms with E-state index in [1.807, 2.05) is 42.2 Å². The first-order valence-corrected chi connectivity index (χ1v) is 12.8. The zero-order chi connectivity index (χ0) is 26.0. The predicted octanol–water partition coefficient (Wildman–Crippen LogP) is 8.21. The Labute approximate surface area is 219 Å². The van der Waals surface area contributed by atoms with Crippen LogP contribution in [0.2, 0.25) is 0 Å². The van der Waals surface area contributed by atoms with Crippen LogP contribution in [0.4, 0.5) is 18.3 Å². The van der Waals surface area contributed by atoms with Crippen LogP contribution < -0.4 is 5.32 Å². The van der Waals surface area contributed by atoms with Crippen molar-refractivity contribution in [2.75, 3.05) is 37.2 Å². The van der Waals surface area contributed by atoms with Crippen LogP contribution in [0.1, 0.15) is 23.1 Å². The third-order valence-corrected chi connectivity index (χ3v) is 5.69. The summed E-state index contributed by atoms with van der Waals surface area (Å²) in [6.45, 7) is 9.78. The summed E-state index contributed by atoms with van der Waals surface area (Å²) in [5, 5.41) is 3.61. The number of benzene rings is 1. The van der Waals surface area contributed by atoms with Crippen molar-refractivity contribution in [2.24, 2.45) is 0 Å². The van der Waals surface area contributed by atoms with Crippen LogP contribution in [-0.2, 0) is 19.1 Å². The molecule has 2 aromatic rings. The molecule has 2 rings (SSSR count). The van der Waals surface area contributed by atoms with Crippen LogP contribution >= 0.6 is 46.1 Å². The second-order valence-electron chi connectivity index (χ2n) is 6.42. The molecule has 0 unspecified atom stereocenters. The van der Waals surface area contributed by atoms with E-state index < -0.39 is 11.9 Å². The summed E-state index contributed by atoms with van der Waals surface area (Å²) in [6, 6.07) is 9.90. The number of aromatic nitrogens is 1. The van der Waals surface area contributed by atoms with Gasteiger partial charge in [-0.25, -0.2) is 4.98 Å². The number of nitrogens with one attached hydrogen (secondary N) is 1. The Balaban J connectivity index is 0.00000258. The normalized spacial score (nSPS) is 11.6. The summed E-state index contributed by atoms with van der Waals surface area (Å²) in [5.74, 6) is 0.291. The van der Waals surface area contributed by atoms with Crippen LogP contribution in [0.5, 0.6) is 0 Å². The molecule has 1 N–H and O–H groups in total. The van der Waals surface area contributed by atoms with E-state index in [9.17, 15) is 13.2 Å². The molecule has 0 bridgehead atoms. The summed E-state index contributed by atoms with van der Waals surface area (Å²) >= 11 is 17.1. The Morgan fingerprint density at radius 1 is 1.21 bits per heavy atom. The fourth-order valence-electron chi connectivity index (χ4n) is 2.70. The molecule has 0 aliphatic heterocycles. The summed E-state index contributed by atoms with van der Waals surface area (Å²) in [7, 11) is 0. The number of thiazole rings is 1. The van der Waals surface area contributed by atoms with Crippen molar-refractivity contribution in [3.05, 3.63) is 82.9 Å². The van der Waals surface area contributed by atoms with Gasteiger partial charge in [0.15, 0.2) is 10.8 Å². The maximum atomic E-state index is 13.5. The van der Waals surface area contributed by atoms with Crippen molar-refractivity contribution in [3.8, 4) is 0 Å². The molecular weight excluding hydrogens is 526 g/mol. The monoisotopic (exact) mass is 555 g/mol. The van der Waals surface area contributed by atoms with Crippen molar-refractivity contribution in [1.82, 2.24) is 9.88 Å². The first-order chi connectivity index (χ1) is 16.3. The van der Waals surface area contributed by atoms with Crippen LogP contribution in [0.15, 0.2) is 66.8 Å². The highest BCUT2D eigenvalue weighted by molar-refractivity contribution is 7.15. The lowest BCUT2D eigenvalue weighted by Gasteiger charge is -2.20. The van der Waals surface area contributed by atoms with Crippen molar-refractivity contribution in [3.63, 3.8) is 0 Å². The number of rotatable bonds is 11. The molecule has 10 heteroatoms. The quantitative estimate of drug-likeness (QED) is 0.172. The highest BCUT2D eigenvalue weighted by Gasteiger charge is 2.37. The van der Waals surface area contributed by atoms with Crippen molar-refractivity contribution in [1.29, 1.82) is 0 Å². The van der Waals surface area contributed by atoms with Gasteiger partial charge < -0.3 is 5.32 Å². The molecule has 0 fully saturated rings. The standard InChI is InChI=1S/C21H24Cl2F3N3S.C2H4.CH3Cl/c1-2-29(14-11-16-7-4-3-5-8-16)15-18-19(21(24,25)26)28-20(30-18)27-13-6-9-17(23)10-12-22;2*1-2/h3-10H,2,11-15H2,1H3,(H,27,28);1-2H2;1H3/b9-6-,17-10+;;. The minimum Gasteiger partial charge on any atom is -0.358 e. The average Bonchev–Trinajstić information content (AvgIpc) is 3.26. The number of alkyl halides is 5. The Kier molecular flexibility index (Phi) is 17.9. The van der Waals surface area contributed by atoms with Gasteiger partial charge in [-0.15, -0.1) is 47.7 Å². The number of hydrogen-bond acceptors (Lipinski definition) is 4. The number of halogens is 6. The van der Waals surface area contributed by atoms with Crippen LogP contribution in [0, 0.1) is 0 Å². The average molecular weight is 557 g/mol. The molecule has 0 aliphatic carbocycles. The second kappa shape index (κ2) is 18.8. The van der Waals surface area contributed by atoms with Crippen molar-refractivity contribution >= 4 is 51.3 Å². The molecule has 0 spiro atoms. The first-order valence-electron chi connectivity index (χ1n) is 10.4. The summed E-state index contributed by atoms with van der Waals surface area (Å²) in [6.07, 6.45) is 2.72. The predicted molar refractivity (Wildman–Crippen MR) is 144 cm³/mol. The highest BCUT2D eigenvalue weighted by atomic mass is 35.5. The van der Waals surface area contributed by atoms with Gasteiger partial charge in [0.25, 0.3) is 0 Å². The number of hydrogen-bond donors (Lipinski definition) is 1. The van der Waals surface area contributed by atoms with Gasteiger partial charge in [-0.3, -0.25) is 4.90 Å². The molecule has 0 saturated carbocycles. The van der Waals surface area contributed by atoms with Gasteiger partial charge in [-0.1, -0.05) is 61.0 Å². The number of nitrogens with zero attached hydrogens (tertiary/aromatic N) is 2. The fraction of sp³-hybridized carbons (Fsp3) is 0.375. The number of likely N-dealkylation sites (N-methyl/N-ethyl adjacent to an activating group) is 1. The molecule has 0 amide bonds. The van der Waals surface area contributed by atoms with E-state index in [4.69, 9.17) is 23.2 Å². The first kappa shape index (κ1) is 32.5. The minimum atomic E-state index is -4.49. The maximum Gasteiger partial charge on any atom is 0.434 e. The SMILES string of the molecule is C=C.CCN(CCc1ccccc1)Cc1sc(NC/C=C\C(Cl)=C/CCl)nc1C(F)(F)F.CCl. The van der Waals surface area contributed by atoms with Crippen molar-refractivity contribution in [2.45, 2.75) is 26.1 Å². The van der Waals surface area contributed by atoms with E-state index in [1.54, 1.807) is 18.2 Å². The molecule has 0 saturated heterocycles. The largest absolute Gasteiger partial charge is 0.434 e. The van der Waals surface area contributed by atoms with E-state index in [0.717, 1.165) is 23.3 Å². The molecule has 1 aromatic heterocycles. The van der Waals surface area contributed by atoms with Crippen LogP contribution in [0.3, 0.4) is 0 Å². The molecule has 0 atom stereocenters. The molecular formula is C24H31Cl3F3N3S. The van der Waals surface area contributed by atoms with Gasteiger partial charge in [0.05, 0.1) is 4.88 Å². The van der Waals surface area contributed by atoms with E-state index in [-0.39, 0.29) is 16.6 Å². The van der Waals surface area contributed by atoms with E-state index in [1.165, 1.54) is 6.38 Å². The van der Waals surface area contributed by atoms with Gasteiger partial charge >= 0.3 is 6.18 Å². The smallest absolute Gasteiger partial charge is 0.358 e. The molecule has 34 heavy (non-hydrogen) atoms. The Morgan fingerprint density at radius 2 is 1.85 bits per heavy atom. The van der Waals surface area contributed by atoms with Crippen LogP contribution in [-0.4, -0.2) is 41.8 Å². The third-order valence-electron chi connectivity index (χ3n) is 4.26. The van der Waals surface area contributed by atoms with Crippen LogP contribution in [0.25, 0.3) is 0 Å². The minimum absolute atomic E-state index is 0.206. The Morgan fingerprint density at radius 3 is 2.41 bits per heavy atom. The highest BCUT2D eigenvalue weighted by Crippen LogP contribution is 2.36. The third kappa shape index (κ3) is 12.8. The lowest BCUT2D eigenvalue weighted by molar-refractivity contribution is -0.141.